The second-order valence-corrected chi connectivity index (χ2v) is 8.27. The van der Waals surface area contributed by atoms with Crippen LogP contribution in [-0.2, 0) is 21.2 Å². The number of primary sulfonamides is 1. The first-order valence-electron chi connectivity index (χ1n) is 8.64. The number of benzene rings is 3. The van der Waals surface area contributed by atoms with E-state index in [9.17, 15) is 13.2 Å². The third-order valence-electron chi connectivity index (χ3n) is 4.01. The molecule has 0 unspecified atom stereocenters. The maximum absolute atomic E-state index is 12.3. The Balaban J connectivity index is 1.80. The van der Waals surface area contributed by atoms with E-state index in [1.54, 1.807) is 42.5 Å². The minimum atomic E-state index is -4.13. The van der Waals surface area contributed by atoms with Gasteiger partial charge in [-0.15, -0.1) is 0 Å². The lowest BCUT2D eigenvalue weighted by Crippen LogP contribution is -2.17. The smallest absolute Gasteiger partial charge is 0.241 e. The summed E-state index contributed by atoms with van der Waals surface area (Å²) in [6.45, 7) is 0. The lowest BCUT2D eigenvalue weighted by atomic mass is 10.1. The molecule has 7 nitrogen and oxygen atoms in total. The van der Waals surface area contributed by atoms with Gasteiger partial charge in [0.1, 0.15) is 16.4 Å². The SMILES string of the molecule is N#Cc1ccc(CC(=O)Nc2ccc(Oc3cccc(Cl)c3)c(S(N)(=O)=O)c2)cc1. The van der Waals surface area contributed by atoms with E-state index >= 15 is 0 Å². The van der Waals surface area contributed by atoms with E-state index in [0.717, 1.165) is 0 Å². The number of nitrogens with two attached hydrogens (primary N) is 1. The summed E-state index contributed by atoms with van der Waals surface area (Å²) in [6, 6.07) is 19.2. The number of nitrogens with zero attached hydrogens (tertiary/aromatic N) is 1. The van der Waals surface area contributed by atoms with Crippen molar-refractivity contribution < 1.29 is 17.9 Å². The molecule has 0 heterocycles. The van der Waals surface area contributed by atoms with Gasteiger partial charge in [-0.1, -0.05) is 29.8 Å². The molecule has 1 amide bonds. The average Bonchev–Trinajstić information content (AvgIpc) is 2.69. The summed E-state index contributed by atoms with van der Waals surface area (Å²) in [6.07, 6.45) is 0.0528. The van der Waals surface area contributed by atoms with Gasteiger partial charge in [0.15, 0.2) is 0 Å². The molecule has 0 atom stereocenters. The number of carbonyl (C=O) groups excluding carboxylic acids is 1. The minimum absolute atomic E-state index is 0.00450. The highest BCUT2D eigenvalue weighted by molar-refractivity contribution is 7.89. The number of anilines is 1. The van der Waals surface area contributed by atoms with Crippen molar-refractivity contribution in [2.45, 2.75) is 11.3 Å². The second-order valence-electron chi connectivity index (χ2n) is 6.30. The van der Waals surface area contributed by atoms with Crippen LogP contribution >= 0.6 is 11.6 Å². The monoisotopic (exact) mass is 441 g/mol. The van der Waals surface area contributed by atoms with Gasteiger partial charge in [-0.25, -0.2) is 13.6 Å². The first kappa shape index (κ1) is 21.3. The van der Waals surface area contributed by atoms with Gasteiger partial charge in [0.25, 0.3) is 0 Å². The van der Waals surface area contributed by atoms with Gasteiger partial charge < -0.3 is 10.1 Å². The van der Waals surface area contributed by atoms with E-state index in [-0.39, 0.29) is 28.7 Å². The van der Waals surface area contributed by atoms with Crippen LogP contribution in [0.3, 0.4) is 0 Å². The van der Waals surface area contributed by atoms with Crippen molar-refractivity contribution in [1.82, 2.24) is 0 Å². The Morgan fingerprint density at radius 2 is 1.83 bits per heavy atom. The zero-order valence-electron chi connectivity index (χ0n) is 15.5. The standard InChI is InChI=1S/C21H16ClN3O4S/c22-16-2-1-3-18(11-16)29-19-9-8-17(12-20(19)30(24,27)28)25-21(26)10-14-4-6-15(13-23)7-5-14/h1-9,11-12H,10H2,(H,25,26)(H2,24,27,28). The van der Waals surface area contributed by atoms with Crippen molar-refractivity contribution in [3.8, 4) is 17.6 Å². The number of hydrogen-bond donors (Lipinski definition) is 2. The Kier molecular flexibility index (Phi) is 6.37. The highest BCUT2D eigenvalue weighted by Crippen LogP contribution is 2.31. The fourth-order valence-electron chi connectivity index (χ4n) is 2.64. The Morgan fingerprint density at radius 3 is 2.47 bits per heavy atom. The summed E-state index contributed by atoms with van der Waals surface area (Å²) in [5, 5.41) is 17.2. The van der Waals surface area contributed by atoms with Crippen LogP contribution in [-0.4, -0.2) is 14.3 Å². The van der Waals surface area contributed by atoms with Crippen molar-refractivity contribution >= 4 is 33.2 Å². The van der Waals surface area contributed by atoms with E-state index in [0.29, 0.717) is 21.9 Å². The molecule has 30 heavy (non-hydrogen) atoms. The summed E-state index contributed by atoms with van der Waals surface area (Å²) >= 11 is 5.92. The summed E-state index contributed by atoms with van der Waals surface area (Å²) in [7, 11) is -4.13. The van der Waals surface area contributed by atoms with Gasteiger partial charge in [0, 0.05) is 10.7 Å². The largest absolute Gasteiger partial charge is 0.456 e. The van der Waals surface area contributed by atoms with E-state index in [4.69, 9.17) is 26.7 Å². The summed E-state index contributed by atoms with van der Waals surface area (Å²) in [4.78, 5) is 12.0. The quantitative estimate of drug-likeness (QED) is 0.601. The van der Waals surface area contributed by atoms with Gasteiger partial charge in [-0.2, -0.15) is 5.26 Å². The Labute approximate surface area is 178 Å². The van der Waals surface area contributed by atoms with E-state index in [1.165, 1.54) is 24.3 Å². The van der Waals surface area contributed by atoms with Gasteiger partial charge in [-0.05, 0) is 54.1 Å². The van der Waals surface area contributed by atoms with Gasteiger partial charge in [-0.3, -0.25) is 4.79 Å². The van der Waals surface area contributed by atoms with Crippen LogP contribution in [0.4, 0.5) is 5.69 Å². The first-order valence-corrected chi connectivity index (χ1v) is 10.6. The van der Waals surface area contributed by atoms with E-state index in [2.05, 4.69) is 5.32 Å². The summed E-state index contributed by atoms with van der Waals surface area (Å²) in [5.41, 5.74) is 1.45. The molecule has 3 aromatic carbocycles. The highest BCUT2D eigenvalue weighted by Gasteiger charge is 2.18. The molecule has 3 N–H and O–H groups in total. The molecule has 0 radical (unpaired) electrons. The molecule has 0 aliphatic heterocycles. The van der Waals surface area contributed by atoms with Gasteiger partial charge >= 0.3 is 0 Å². The maximum Gasteiger partial charge on any atom is 0.241 e. The molecule has 0 bridgehead atoms. The van der Waals surface area contributed by atoms with Crippen LogP contribution in [0.15, 0.2) is 71.6 Å². The van der Waals surface area contributed by atoms with Crippen LogP contribution in [0.25, 0.3) is 0 Å². The van der Waals surface area contributed by atoms with E-state index < -0.39 is 10.0 Å². The predicted octanol–water partition coefficient (Wildman–Crippen LogP) is 3.83. The number of halogens is 1. The number of rotatable bonds is 6. The molecule has 152 valence electrons. The van der Waals surface area contributed by atoms with Crippen LogP contribution in [0.5, 0.6) is 11.5 Å². The predicted molar refractivity (Wildman–Crippen MR) is 113 cm³/mol. The molecule has 0 saturated heterocycles. The molecule has 0 spiro atoms. The van der Waals surface area contributed by atoms with Crippen molar-refractivity contribution in [3.63, 3.8) is 0 Å². The zero-order valence-corrected chi connectivity index (χ0v) is 17.1. The van der Waals surface area contributed by atoms with Crippen LogP contribution in [0.1, 0.15) is 11.1 Å². The number of ether oxygens (including phenoxy) is 1. The summed E-state index contributed by atoms with van der Waals surface area (Å²) in [5.74, 6) is -0.0153. The molecular weight excluding hydrogens is 426 g/mol. The molecule has 0 aromatic heterocycles. The fourth-order valence-corrected chi connectivity index (χ4v) is 3.50. The fraction of sp³-hybridized carbons (Fsp3) is 0.0476. The normalized spacial score (nSPS) is 10.8. The van der Waals surface area contributed by atoms with Crippen LogP contribution in [0.2, 0.25) is 5.02 Å². The molecule has 0 aliphatic carbocycles. The molecule has 3 rings (SSSR count). The lowest BCUT2D eigenvalue weighted by molar-refractivity contribution is -0.115. The second kappa shape index (κ2) is 8.97. The highest BCUT2D eigenvalue weighted by atomic mass is 35.5. The molecular formula is C21H16ClN3O4S. The van der Waals surface area contributed by atoms with Crippen molar-refractivity contribution in [2.75, 3.05) is 5.32 Å². The van der Waals surface area contributed by atoms with E-state index in [1.807, 2.05) is 6.07 Å². The number of sulfonamides is 1. The summed E-state index contributed by atoms with van der Waals surface area (Å²) < 4.78 is 29.7. The van der Waals surface area contributed by atoms with Crippen molar-refractivity contribution in [3.05, 3.63) is 82.9 Å². The average molecular weight is 442 g/mol. The number of hydrogen-bond acceptors (Lipinski definition) is 5. The van der Waals surface area contributed by atoms with Crippen LogP contribution < -0.4 is 15.2 Å². The lowest BCUT2D eigenvalue weighted by Gasteiger charge is -2.13. The van der Waals surface area contributed by atoms with Crippen molar-refractivity contribution in [1.29, 1.82) is 5.26 Å². The molecule has 3 aromatic rings. The number of amides is 1. The molecule has 0 fully saturated rings. The maximum atomic E-state index is 12.3. The molecule has 0 aliphatic rings. The van der Waals surface area contributed by atoms with Gasteiger partial charge in [0.05, 0.1) is 18.1 Å². The third-order valence-corrected chi connectivity index (χ3v) is 5.17. The first-order chi connectivity index (χ1) is 14.2. The van der Waals surface area contributed by atoms with Gasteiger partial charge in [0.2, 0.25) is 15.9 Å². The molecule has 0 saturated carbocycles. The third kappa shape index (κ3) is 5.58. The Bertz CT molecular complexity index is 1240. The number of nitriles is 1. The molecule has 9 heteroatoms. The zero-order chi connectivity index (χ0) is 21.7. The minimum Gasteiger partial charge on any atom is -0.456 e. The topological polar surface area (TPSA) is 122 Å². The Morgan fingerprint density at radius 1 is 1.10 bits per heavy atom. The van der Waals surface area contributed by atoms with Crippen LogP contribution in [0, 0.1) is 11.3 Å². The van der Waals surface area contributed by atoms with Crippen molar-refractivity contribution in [2.24, 2.45) is 5.14 Å². The number of nitrogens with one attached hydrogen (secondary N) is 1. The Hall–Kier alpha value is -3.38. The number of carbonyl (C=O) groups is 1.